The van der Waals surface area contributed by atoms with Crippen LogP contribution in [0.3, 0.4) is 0 Å². The number of nitrogens with zero attached hydrogens (tertiary/aromatic N) is 1. The number of ether oxygens (including phenoxy) is 1. The zero-order valence-electron chi connectivity index (χ0n) is 14.2. The van der Waals surface area contributed by atoms with Gasteiger partial charge in [-0.1, -0.05) is 40.2 Å². The lowest BCUT2D eigenvalue weighted by Crippen LogP contribution is -2.40. The highest BCUT2D eigenvalue weighted by Gasteiger charge is 2.21. The molecule has 0 saturated heterocycles. The number of nitro benzene ring substituents is 1. The Morgan fingerprint density at radius 1 is 1.19 bits per heavy atom. The summed E-state index contributed by atoms with van der Waals surface area (Å²) in [5, 5.41) is 13.1. The fraction of sp³-hybridized carbons (Fsp3) is 0.167. The van der Waals surface area contributed by atoms with E-state index in [0.29, 0.717) is 10.0 Å². The summed E-state index contributed by atoms with van der Waals surface area (Å²) in [6, 6.07) is 10.8. The number of carbonyl (C=O) groups is 3. The third-order valence-electron chi connectivity index (χ3n) is 3.54. The number of halogens is 1. The standard InChI is InChI=1S/C18H15BrN2O6/c1-11(20-17(23)12-5-4-6-13(9-12)21(25)26)18(24)27-10-16(22)14-7-2-3-8-15(14)19/h2-9,11H,10H2,1H3,(H,20,23)/t11-/m1/s1. The van der Waals surface area contributed by atoms with Gasteiger partial charge in [0.25, 0.3) is 11.6 Å². The molecule has 0 fully saturated rings. The lowest BCUT2D eigenvalue weighted by Gasteiger charge is -2.13. The van der Waals surface area contributed by atoms with Crippen LogP contribution in [0.2, 0.25) is 0 Å². The molecular formula is C18H15BrN2O6. The average Bonchev–Trinajstić information content (AvgIpc) is 2.66. The van der Waals surface area contributed by atoms with Crippen LogP contribution >= 0.6 is 15.9 Å². The number of non-ortho nitro benzene ring substituents is 1. The predicted molar refractivity (Wildman–Crippen MR) is 99.5 cm³/mol. The Morgan fingerprint density at radius 3 is 2.56 bits per heavy atom. The van der Waals surface area contributed by atoms with Crippen molar-refractivity contribution in [1.29, 1.82) is 0 Å². The Balaban J connectivity index is 1.92. The fourth-order valence-corrected chi connectivity index (χ4v) is 2.63. The normalized spacial score (nSPS) is 11.3. The molecule has 0 heterocycles. The molecule has 1 amide bonds. The van der Waals surface area contributed by atoms with Crippen molar-refractivity contribution < 1.29 is 24.0 Å². The van der Waals surface area contributed by atoms with Crippen molar-refractivity contribution >= 4 is 39.3 Å². The van der Waals surface area contributed by atoms with Gasteiger partial charge in [0.15, 0.2) is 6.61 Å². The molecule has 0 saturated carbocycles. The zero-order valence-corrected chi connectivity index (χ0v) is 15.8. The highest BCUT2D eigenvalue weighted by molar-refractivity contribution is 9.10. The minimum absolute atomic E-state index is 0.0353. The van der Waals surface area contributed by atoms with Crippen molar-refractivity contribution in [1.82, 2.24) is 5.32 Å². The minimum atomic E-state index is -1.04. The van der Waals surface area contributed by atoms with Crippen LogP contribution in [-0.2, 0) is 9.53 Å². The van der Waals surface area contributed by atoms with Crippen molar-refractivity contribution in [3.05, 3.63) is 74.2 Å². The van der Waals surface area contributed by atoms with E-state index in [0.717, 1.165) is 6.07 Å². The summed E-state index contributed by atoms with van der Waals surface area (Å²) in [5.74, 6) is -1.86. The van der Waals surface area contributed by atoms with Crippen LogP contribution in [0.15, 0.2) is 53.0 Å². The Morgan fingerprint density at radius 2 is 1.89 bits per heavy atom. The maximum atomic E-state index is 12.1. The molecule has 0 aromatic heterocycles. The number of amides is 1. The molecule has 0 unspecified atom stereocenters. The summed E-state index contributed by atoms with van der Waals surface area (Å²) in [7, 11) is 0. The van der Waals surface area contributed by atoms with E-state index < -0.39 is 35.2 Å². The van der Waals surface area contributed by atoms with Gasteiger partial charge in [0.1, 0.15) is 6.04 Å². The molecule has 0 aliphatic carbocycles. The van der Waals surface area contributed by atoms with Gasteiger partial charge in [0, 0.05) is 27.7 Å². The quantitative estimate of drug-likeness (QED) is 0.310. The van der Waals surface area contributed by atoms with Gasteiger partial charge in [-0.2, -0.15) is 0 Å². The number of esters is 1. The maximum Gasteiger partial charge on any atom is 0.328 e. The average molecular weight is 435 g/mol. The first kappa shape index (κ1) is 20.2. The molecule has 2 aromatic rings. The third-order valence-corrected chi connectivity index (χ3v) is 4.23. The first-order chi connectivity index (χ1) is 12.8. The molecule has 8 nitrogen and oxygen atoms in total. The van der Waals surface area contributed by atoms with Crippen LogP contribution in [0, 0.1) is 10.1 Å². The highest BCUT2D eigenvalue weighted by Crippen LogP contribution is 2.16. The number of nitrogens with one attached hydrogen (secondary N) is 1. The maximum absolute atomic E-state index is 12.1. The number of Topliss-reactive ketones (excluding diaryl/α,β-unsaturated/α-hetero) is 1. The summed E-state index contributed by atoms with van der Waals surface area (Å²) in [4.78, 5) is 46.3. The van der Waals surface area contributed by atoms with Crippen LogP contribution in [-0.4, -0.2) is 35.2 Å². The van der Waals surface area contributed by atoms with Gasteiger partial charge in [0.05, 0.1) is 4.92 Å². The summed E-state index contributed by atoms with van der Waals surface area (Å²) in [5.41, 5.74) is 0.170. The van der Waals surface area contributed by atoms with Crippen LogP contribution in [0.1, 0.15) is 27.6 Å². The monoisotopic (exact) mass is 434 g/mol. The van der Waals surface area contributed by atoms with Crippen molar-refractivity contribution in [2.45, 2.75) is 13.0 Å². The SMILES string of the molecule is C[C@@H](NC(=O)c1cccc([N+](=O)[O-])c1)C(=O)OCC(=O)c1ccccc1Br. The molecule has 2 aromatic carbocycles. The van der Waals surface area contributed by atoms with Crippen LogP contribution in [0.4, 0.5) is 5.69 Å². The second-order valence-corrected chi connectivity index (χ2v) is 6.37. The Kier molecular flexibility index (Phi) is 6.78. The molecule has 0 bridgehead atoms. The summed E-state index contributed by atoms with van der Waals surface area (Å²) < 4.78 is 5.52. The summed E-state index contributed by atoms with van der Waals surface area (Å²) in [6.45, 7) is 0.916. The smallest absolute Gasteiger partial charge is 0.328 e. The van der Waals surface area contributed by atoms with E-state index in [4.69, 9.17) is 4.74 Å². The van der Waals surface area contributed by atoms with Gasteiger partial charge in [0.2, 0.25) is 5.78 Å². The van der Waals surface area contributed by atoms with E-state index in [1.54, 1.807) is 24.3 Å². The first-order valence-corrected chi connectivity index (χ1v) is 8.58. The van der Waals surface area contributed by atoms with Gasteiger partial charge in [-0.25, -0.2) is 4.79 Å². The number of hydrogen-bond acceptors (Lipinski definition) is 6. The zero-order chi connectivity index (χ0) is 20.0. The minimum Gasteiger partial charge on any atom is -0.456 e. The Hall–Kier alpha value is -3.07. The number of hydrogen-bond donors (Lipinski definition) is 1. The molecule has 0 radical (unpaired) electrons. The number of nitro groups is 1. The summed E-state index contributed by atoms with van der Waals surface area (Å²) in [6.07, 6.45) is 0. The molecule has 9 heteroatoms. The Bertz CT molecular complexity index is 899. The van der Waals surface area contributed by atoms with Gasteiger partial charge in [-0.05, 0) is 19.1 Å². The predicted octanol–water partition coefficient (Wildman–Crippen LogP) is 2.90. The van der Waals surface area contributed by atoms with Crippen molar-refractivity contribution in [3.63, 3.8) is 0 Å². The van der Waals surface area contributed by atoms with Crippen LogP contribution in [0.25, 0.3) is 0 Å². The number of rotatable bonds is 7. The van der Waals surface area contributed by atoms with E-state index in [-0.39, 0.29) is 11.3 Å². The molecule has 2 rings (SSSR count). The molecule has 27 heavy (non-hydrogen) atoms. The lowest BCUT2D eigenvalue weighted by molar-refractivity contribution is -0.384. The Labute approximate surface area is 162 Å². The largest absolute Gasteiger partial charge is 0.456 e. The van der Waals surface area contributed by atoms with E-state index >= 15 is 0 Å². The molecular weight excluding hydrogens is 420 g/mol. The van der Waals surface area contributed by atoms with Crippen molar-refractivity contribution in [2.75, 3.05) is 6.61 Å². The van der Waals surface area contributed by atoms with Crippen molar-refractivity contribution in [2.24, 2.45) is 0 Å². The van der Waals surface area contributed by atoms with E-state index in [1.165, 1.54) is 25.1 Å². The van der Waals surface area contributed by atoms with Crippen LogP contribution in [0.5, 0.6) is 0 Å². The molecule has 0 aliphatic rings. The molecule has 0 spiro atoms. The molecule has 140 valence electrons. The van der Waals surface area contributed by atoms with E-state index in [2.05, 4.69) is 21.2 Å². The second kappa shape index (κ2) is 9.04. The van der Waals surface area contributed by atoms with Gasteiger partial charge in [-0.3, -0.25) is 19.7 Å². The fourth-order valence-electron chi connectivity index (χ4n) is 2.13. The number of benzene rings is 2. The second-order valence-electron chi connectivity index (χ2n) is 5.51. The van der Waals surface area contributed by atoms with Gasteiger partial charge < -0.3 is 10.1 Å². The summed E-state index contributed by atoms with van der Waals surface area (Å²) >= 11 is 3.24. The molecule has 1 N–H and O–H groups in total. The number of ketones is 1. The lowest BCUT2D eigenvalue weighted by atomic mass is 10.1. The van der Waals surface area contributed by atoms with E-state index in [9.17, 15) is 24.5 Å². The topological polar surface area (TPSA) is 116 Å². The van der Waals surface area contributed by atoms with Crippen LogP contribution < -0.4 is 5.32 Å². The van der Waals surface area contributed by atoms with Gasteiger partial charge >= 0.3 is 5.97 Å². The third kappa shape index (κ3) is 5.45. The van der Waals surface area contributed by atoms with E-state index in [1.807, 2.05) is 0 Å². The highest BCUT2D eigenvalue weighted by atomic mass is 79.9. The first-order valence-electron chi connectivity index (χ1n) is 7.79. The van der Waals surface area contributed by atoms with Gasteiger partial charge in [-0.15, -0.1) is 0 Å². The number of carbonyl (C=O) groups excluding carboxylic acids is 3. The van der Waals surface area contributed by atoms with Crippen molar-refractivity contribution in [3.8, 4) is 0 Å². The molecule has 0 aliphatic heterocycles. The molecule has 1 atom stereocenters.